The Kier molecular flexibility index (Phi) is 3.92. The molecule has 0 atom stereocenters. The summed E-state index contributed by atoms with van der Waals surface area (Å²) in [7, 11) is 1.47. The first-order valence-electron chi connectivity index (χ1n) is 1.46. The minimum absolute atomic E-state index is 0.222. The van der Waals surface area contributed by atoms with Crippen molar-refractivity contribution < 1.29 is 9.04 Å². The Morgan fingerprint density at radius 1 is 1.80 bits per heavy atom. The maximum Gasteiger partial charge on any atom is 0.257 e. The van der Waals surface area contributed by atoms with Crippen molar-refractivity contribution in [3.8, 4) is 0 Å². The first kappa shape index (κ1) is 4.95. The van der Waals surface area contributed by atoms with Gasteiger partial charge in [-0.25, -0.2) is 4.39 Å². The van der Waals surface area contributed by atoms with Gasteiger partial charge in [0.1, 0.15) is 6.67 Å². The first-order chi connectivity index (χ1) is 2.41. The molecule has 0 saturated heterocycles. The van der Waals surface area contributed by atoms with Gasteiger partial charge in [-0.3, -0.25) is 0 Å². The molecule has 0 radical (unpaired) electrons. The number of halogens is 1. The second kappa shape index (κ2) is 3.95. The van der Waals surface area contributed by atoms with E-state index in [4.69, 9.17) is 0 Å². The molecule has 5 heavy (non-hydrogen) atoms. The van der Waals surface area contributed by atoms with Crippen LogP contribution < -0.4 is 0 Å². The van der Waals surface area contributed by atoms with Gasteiger partial charge in [0.05, 0.1) is 6.61 Å². The molecule has 0 aliphatic rings. The van der Waals surface area contributed by atoms with Gasteiger partial charge in [0.25, 0.3) is 8.05 Å². The Balaban J connectivity index is 2.19. The van der Waals surface area contributed by atoms with E-state index in [9.17, 15) is 4.39 Å². The molecule has 0 aromatic rings. The van der Waals surface area contributed by atoms with E-state index >= 15 is 0 Å². The fraction of sp³-hybridized carbons (Fsp3) is 1.00. The highest BCUT2D eigenvalue weighted by Crippen LogP contribution is 1.63. The van der Waals surface area contributed by atoms with Crippen LogP contribution in [0.4, 0.5) is 4.39 Å². The van der Waals surface area contributed by atoms with Gasteiger partial charge in [-0.1, -0.05) is 0 Å². The molecule has 0 spiro atoms. The van der Waals surface area contributed by atoms with Crippen molar-refractivity contribution >= 4 is 8.05 Å². The van der Waals surface area contributed by atoms with Gasteiger partial charge < -0.3 is 4.65 Å². The average Bonchev–Trinajstić information content (AvgIpc) is 1.41. The highest BCUT2D eigenvalue weighted by Gasteiger charge is 1.69. The molecule has 0 unspecified atom stereocenters. The summed E-state index contributed by atoms with van der Waals surface area (Å²) in [6.07, 6.45) is 0. The van der Waals surface area contributed by atoms with E-state index in [-0.39, 0.29) is 13.3 Å². The first-order valence-corrected chi connectivity index (χ1v) is 1.46. The second-order valence-corrected chi connectivity index (χ2v) is 0.682. The molecule has 3 heteroatoms. The fourth-order valence-electron chi connectivity index (χ4n) is 0.0772. The summed E-state index contributed by atoms with van der Waals surface area (Å²) in [5.74, 6) is 0. The molecule has 0 aliphatic carbocycles. The largest absolute Gasteiger partial charge is 0.441 e. The lowest BCUT2D eigenvalue weighted by Crippen LogP contribution is -1.88. The number of hydrogen-bond acceptors (Lipinski definition) is 1. The van der Waals surface area contributed by atoms with Crippen molar-refractivity contribution in [2.45, 2.75) is 0 Å². The van der Waals surface area contributed by atoms with E-state index in [1.165, 1.54) is 8.05 Å². The van der Waals surface area contributed by atoms with Crippen LogP contribution in [0.25, 0.3) is 0 Å². The van der Waals surface area contributed by atoms with Crippen molar-refractivity contribution in [3.63, 3.8) is 0 Å². The van der Waals surface area contributed by atoms with Crippen molar-refractivity contribution in [1.29, 1.82) is 0 Å². The van der Waals surface area contributed by atoms with Crippen LogP contribution in [-0.2, 0) is 4.65 Å². The third kappa shape index (κ3) is 3.95. The zero-order chi connectivity index (χ0) is 4.12. The van der Waals surface area contributed by atoms with Crippen molar-refractivity contribution in [1.82, 2.24) is 0 Å². The topological polar surface area (TPSA) is 9.23 Å². The van der Waals surface area contributed by atoms with E-state index in [2.05, 4.69) is 4.65 Å². The van der Waals surface area contributed by atoms with Crippen LogP contribution >= 0.6 is 0 Å². The summed E-state index contributed by atoms with van der Waals surface area (Å²) in [4.78, 5) is 0. The highest BCUT2D eigenvalue weighted by atomic mass is 19.1. The fourth-order valence-corrected chi connectivity index (χ4v) is 0.0772. The molecule has 0 aromatic carbocycles. The van der Waals surface area contributed by atoms with Crippen LogP contribution in [0, 0.1) is 0 Å². The Hall–Kier alpha value is -0.0451. The molecular formula is C2H6BFO. The summed E-state index contributed by atoms with van der Waals surface area (Å²) in [5.41, 5.74) is 0. The van der Waals surface area contributed by atoms with Crippen LogP contribution in [0.2, 0.25) is 0 Å². The van der Waals surface area contributed by atoms with Crippen LogP contribution in [0.15, 0.2) is 0 Å². The predicted molar refractivity (Wildman–Crippen MR) is 20.5 cm³/mol. The summed E-state index contributed by atoms with van der Waals surface area (Å²) < 4.78 is 15.2. The third-order valence-electron chi connectivity index (χ3n) is 0.281. The van der Waals surface area contributed by atoms with E-state index < -0.39 is 0 Å². The van der Waals surface area contributed by atoms with Gasteiger partial charge in [0, 0.05) is 0 Å². The molecule has 0 aromatic heterocycles. The molecule has 1 nitrogen and oxygen atoms in total. The molecule has 0 amide bonds. The minimum Gasteiger partial charge on any atom is -0.441 e. The highest BCUT2D eigenvalue weighted by molar-refractivity contribution is 5.97. The lowest BCUT2D eigenvalue weighted by atomic mass is 10.6. The molecular weight excluding hydrogens is 69.8 g/mol. The summed E-state index contributed by atoms with van der Waals surface area (Å²) >= 11 is 0. The van der Waals surface area contributed by atoms with Crippen molar-refractivity contribution in [3.05, 3.63) is 0 Å². The van der Waals surface area contributed by atoms with E-state index in [1.807, 2.05) is 0 Å². The van der Waals surface area contributed by atoms with Gasteiger partial charge in [0.15, 0.2) is 0 Å². The zero-order valence-corrected chi connectivity index (χ0v) is 3.20. The van der Waals surface area contributed by atoms with Crippen LogP contribution in [0.3, 0.4) is 0 Å². The van der Waals surface area contributed by atoms with Gasteiger partial charge in [-0.05, 0) is 0 Å². The molecule has 30 valence electrons. The van der Waals surface area contributed by atoms with Gasteiger partial charge >= 0.3 is 0 Å². The molecule has 0 heterocycles. The normalized spacial score (nSPS) is 8.20. The van der Waals surface area contributed by atoms with Gasteiger partial charge in [-0.15, -0.1) is 0 Å². The molecule has 0 saturated carbocycles. The van der Waals surface area contributed by atoms with Crippen LogP contribution in [0.5, 0.6) is 0 Å². The Morgan fingerprint density at radius 3 is 2.40 bits per heavy atom. The monoisotopic (exact) mass is 76.0 g/mol. The summed E-state index contributed by atoms with van der Waals surface area (Å²) in [6.45, 7) is -0.156. The lowest BCUT2D eigenvalue weighted by Gasteiger charge is -1.82. The Morgan fingerprint density at radius 2 is 2.40 bits per heavy atom. The lowest BCUT2D eigenvalue weighted by molar-refractivity contribution is 0.295. The van der Waals surface area contributed by atoms with E-state index in [0.717, 1.165) is 0 Å². The second-order valence-electron chi connectivity index (χ2n) is 0.682. The number of alkyl halides is 1. The zero-order valence-electron chi connectivity index (χ0n) is 3.20. The van der Waals surface area contributed by atoms with E-state index in [0.29, 0.717) is 0 Å². The van der Waals surface area contributed by atoms with E-state index in [1.54, 1.807) is 0 Å². The standard InChI is InChI=1S/C2H6BFO/c3-5-2-1-4/h1-3H2. The SMILES string of the molecule is BOCCF. The molecule has 0 fully saturated rings. The minimum atomic E-state index is -0.378. The van der Waals surface area contributed by atoms with Crippen LogP contribution in [0.1, 0.15) is 0 Å². The maximum absolute atomic E-state index is 10.9. The average molecular weight is 75.9 g/mol. The quantitative estimate of drug-likeness (QED) is 0.403. The predicted octanol–water partition coefficient (Wildman–Crippen LogP) is -0.479. The van der Waals surface area contributed by atoms with Crippen LogP contribution in [-0.4, -0.2) is 21.3 Å². The molecule has 0 rings (SSSR count). The van der Waals surface area contributed by atoms with Crippen molar-refractivity contribution in [2.75, 3.05) is 13.3 Å². The van der Waals surface area contributed by atoms with Gasteiger partial charge in [-0.2, -0.15) is 0 Å². The Bertz CT molecular complexity index is 17.1. The molecule has 0 N–H and O–H groups in total. The maximum atomic E-state index is 10.9. The Labute approximate surface area is 31.6 Å². The number of hydrogen-bond donors (Lipinski definition) is 0. The molecule has 0 bridgehead atoms. The summed E-state index contributed by atoms with van der Waals surface area (Å²) in [5, 5.41) is 0. The third-order valence-corrected chi connectivity index (χ3v) is 0.281. The summed E-state index contributed by atoms with van der Waals surface area (Å²) in [6, 6.07) is 0. The number of rotatable bonds is 2. The molecule has 0 aliphatic heterocycles. The van der Waals surface area contributed by atoms with Crippen molar-refractivity contribution in [2.24, 2.45) is 0 Å². The smallest absolute Gasteiger partial charge is 0.257 e. The van der Waals surface area contributed by atoms with Gasteiger partial charge in [0.2, 0.25) is 0 Å².